The van der Waals surface area contributed by atoms with Gasteiger partial charge < -0.3 is 10.0 Å². The first-order chi connectivity index (χ1) is 7.48. The smallest absolute Gasteiger partial charge is 0.0606 e. The van der Waals surface area contributed by atoms with Crippen molar-refractivity contribution in [3.63, 3.8) is 0 Å². The molecule has 0 saturated heterocycles. The third kappa shape index (κ3) is 1.61. The first kappa shape index (κ1) is 11.7. The van der Waals surface area contributed by atoms with E-state index in [0.717, 1.165) is 5.02 Å². The Hall–Kier alpha value is -0.730. The quantitative estimate of drug-likeness (QED) is 0.858. The summed E-state index contributed by atoms with van der Waals surface area (Å²) in [6, 6.07) is 6.40. The number of fused-ring (bicyclic) bond motifs is 1. The van der Waals surface area contributed by atoms with Crippen molar-refractivity contribution in [2.45, 2.75) is 32.2 Å². The van der Waals surface area contributed by atoms with Crippen LogP contribution in [0.25, 0.3) is 0 Å². The normalized spacial score (nSPS) is 22.3. The molecule has 0 fully saturated rings. The molecule has 1 aliphatic rings. The van der Waals surface area contributed by atoms with Gasteiger partial charge in [-0.15, -0.1) is 0 Å². The lowest BCUT2D eigenvalue weighted by Crippen LogP contribution is -2.40. The van der Waals surface area contributed by atoms with Crippen LogP contribution in [0.1, 0.15) is 26.3 Å². The third-order valence-corrected chi connectivity index (χ3v) is 4.05. The fourth-order valence-electron chi connectivity index (χ4n) is 2.52. The van der Waals surface area contributed by atoms with Gasteiger partial charge in [0.1, 0.15) is 0 Å². The second kappa shape index (κ2) is 3.94. The van der Waals surface area contributed by atoms with Gasteiger partial charge in [0.25, 0.3) is 0 Å². The zero-order valence-corrected chi connectivity index (χ0v) is 10.8. The zero-order chi connectivity index (χ0) is 11.9. The summed E-state index contributed by atoms with van der Waals surface area (Å²) in [5.41, 5.74) is 2.56. The first-order valence-corrected chi connectivity index (χ1v) is 6.04. The Morgan fingerprint density at radius 1 is 1.44 bits per heavy atom. The van der Waals surface area contributed by atoms with E-state index in [1.165, 1.54) is 11.3 Å². The van der Waals surface area contributed by atoms with Gasteiger partial charge in [0, 0.05) is 28.7 Å². The van der Waals surface area contributed by atoms with Crippen LogP contribution in [0.5, 0.6) is 0 Å². The van der Waals surface area contributed by atoms with Gasteiger partial charge in [0.15, 0.2) is 0 Å². The zero-order valence-electron chi connectivity index (χ0n) is 10.00. The minimum absolute atomic E-state index is 0.0788. The van der Waals surface area contributed by atoms with E-state index in [2.05, 4.69) is 31.7 Å². The molecule has 16 heavy (non-hydrogen) atoms. The lowest BCUT2D eigenvalue weighted by atomic mass is 9.81. The maximum Gasteiger partial charge on any atom is 0.0606 e. The van der Waals surface area contributed by atoms with Gasteiger partial charge in [-0.05, 0) is 30.7 Å². The predicted octanol–water partition coefficient (Wildman–Crippen LogP) is 2.82. The highest BCUT2D eigenvalue weighted by Gasteiger charge is 2.41. The first-order valence-electron chi connectivity index (χ1n) is 5.66. The SMILES string of the molecule is CC1N(CCO)c2ccc(Cl)cc2C1(C)C. The Morgan fingerprint density at radius 3 is 2.75 bits per heavy atom. The van der Waals surface area contributed by atoms with Gasteiger partial charge >= 0.3 is 0 Å². The molecule has 0 aromatic heterocycles. The van der Waals surface area contributed by atoms with E-state index in [1.54, 1.807) is 0 Å². The summed E-state index contributed by atoms with van der Waals surface area (Å²) in [6.45, 7) is 7.51. The number of hydrogen-bond donors (Lipinski definition) is 1. The summed E-state index contributed by atoms with van der Waals surface area (Å²) in [4.78, 5) is 2.26. The van der Waals surface area contributed by atoms with Crippen LogP contribution in [0, 0.1) is 0 Å². The molecule has 0 saturated carbocycles. The maximum absolute atomic E-state index is 9.13. The molecule has 3 heteroatoms. The van der Waals surface area contributed by atoms with Gasteiger partial charge in [0.2, 0.25) is 0 Å². The van der Waals surface area contributed by atoms with E-state index in [-0.39, 0.29) is 12.0 Å². The van der Waals surface area contributed by atoms with Gasteiger partial charge in [-0.25, -0.2) is 0 Å². The fraction of sp³-hybridized carbons (Fsp3) is 0.538. The molecule has 0 amide bonds. The van der Waals surface area contributed by atoms with E-state index in [1.807, 2.05) is 12.1 Å². The van der Waals surface area contributed by atoms with Crippen LogP contribution in [0.4, 0.5) is 5.69 Å². The van der Waals surface area contributed by atoms with Gasteiger partial charge in [-0.3, -0.25) is 0 Å². The molecule has 88 valence electrons. The highest BCUT2D eigenvalue weighted by atomic mass is 35.5. The standard InChI is InChI=1S/C13H18ClNO/c1-9-13(2,3)11-8-10(14)4-5-12(11)15(9)6-7-16/h4-5,8-9,16H,6-7H2,1-3H3. The molecule has 0 spiro atoms. The Labute approximate surface area is 102 Å². The molecular formula is C13H18ClNO. The highest BCUT2D eigenvalue weighted by Crippen LogP contribution is 2.45. The molecule has 0 bridgehead atoms. The van der Waals surface area contributed by atoms with E-state index in [0.29, 0.717) is 12.6 Å². The number of benzene rings is 1. The van der Waals surface area contributed by atoms with Crippen molar-refractivity contribution >= 4 is 17.3 Å². The lowest BCUT2D eigenvalue weighted by molar-refractivity contribution is 0.293. The van der Waals surface area contributed by atoms with Crippen LogP contribution in [0.2, 0.25) is 5.02 Å². The van der Waals surface area contributed by atoms with Gasteiger partial charge in [0.05, 0.1) is 6.61 Å². The number of anilines is 1. The Morgan fingerprint density at radius 2 is 2.12 bits per heavy atom. The minimum atomic E-state index is 0.0788. The van der Waals surface area contributed by atoms with Gasteiger partial charge in [-0.1, -0.05) is 25.4 Å². The van der Waals surface area contributed by atoms with E-state index in [9.17, 15) is 0 Å². The Balaban J connectivity index is 2.51. The average molecular weight is 240 g/mol. The van der Waals surface area contributed by atoms with E-state index < -0.39 is 0 Å². The number of aliphatic hydroxyl groups is 1. The van der Waals surface area contributed by atoms with Crippen LogP contribution in [0.15, 0.2) is 18.2 Å². The summed E-state index contributed by atoms with van der Waals surface area (Å²) in [6.07, 6.45) is 0. The summed E-state index contributed by atoms with van der Waals surface area (Å²) in [5.74, 6) is 0. The molecule has 0 radical (unpaired) electrons. The van der Waals surface area contributed by atoms with Crippen LogP contribution in [-0.2, 0) is 5.41 Å². The second-order valence-corrected chi connectivity index (χ2v) is 5.41. The number of β-amino-alcohol motifs (C(OH)–C–C–N with tert-alkyl or cyclic N) is 1. The van der Waals surface area contributed by atoms with Crippen LogP contribution in [0.3, 0.4) is 0 Å². The summed E-state index contributed by atoms with van der Waals surface area (Å²) < 4.78 is 0. The molecule has 1 aliphatic heterocycles. The number of halogens is 1. The molecule has 1 N–H and O–H groups in total. The molecule has 1 heterocycles. The molecule has 1 unspecified atom stereocenters. The molecule has 1 aromatic rings. The second-order valence-electron chi connectivity index (χ2n) is 4.98. The number of hydrogen-bond acceptors (Lipinski definition) is 2. The van der Waals surface area contributed by atoms with E-state index in [4.69, 9.17) is 16.7 Å². The topological polar surface area (TPSA) is 23.5 Å². The van der Waals surface area contributed by atoms with Crippen LogP contribution >= 0.6 is 11.6 Å². The van der Waals surface area contributed by atoms with Crippen LogP contribution < -0.4 is 4.90 Å². The molecule has 1 aromatic carbocycles. The van der Waals surface area contributed by atoms with E-state index >= 15 is 0 Å². The Kier molecular flexibility index (Phi) is 2.89. The summed E-state index contributed by atoms with van der Waals surface area (Å²) in [7, 11) is 0. The van der Waals surface area contributed by atoms with Crippen LogP contribution in [-0.4, -0.2) is 24.3 Å². The number of rotatable bonds is 2. The average Bonchev–Trinajstić information content (AvgIpc) is 2.41. The third-order valence-electron chi connectivity index (χ3n) is 3.82. The van der Waals surface area contributed by atoms with Crippen molar-refractivity contribution < 1.29 is 5.11 Å². The fourth-order valence-corrected chi connectivity index (χ4v) is 2.69. The van der Waals surface area contributed by atoms with Crippen molar-refractivity contribution in [3.8, 4) is 0 Å². The summed E-state index contributed by atoms with van der Waals surface area (Å²) >= 11 is 6.06. The van der Waals surface area contributed by atoms with Crippen molar-refractivity contribution in [2.24, 2.45) is 0 Å². The lowest BCUT2D eigenvalue weighted by Gasteiger charge is -2.31. The predicted molar refractivity (Wildman–Crippen MR) is 68.4 cm³/mol. The minimum Gasteiger partial charge on any atom is -0.395 e. The summed E-state index contributed by atoms with van der Waals surface area (Å²) in [5, 5.41) is 9.91. The largest absolute Gasteiger partial charge is 0.395 e. The highest BCUT2D eigenvalue weighted by molar-refractivity contribution is 6.30. The molecule has 2 rings (SSSR count). The monoisotopic (exact) mass is 239 g/mol. The number of nitrogens with zero attached hydrogens (tertiary/aromatic N) is 1. The maximum atomic E-state index is 9.13. The number of aliphatic hydroxyl groups excluding tert-OH is 1. The van der Waals surface area contributed by atoms with Gasteiger partial charge in [-0.2, -0.15) is 0 Å². The van der Waals surface area contributed by atoms with Crippen molar-refractivity contribution in [1.29, 1.82) is 0 Å². The molecule has 1 atom stereocenters. The molecular weight excluding hydrogens is 222 g/mol. The van der Waals surface area contributed by atoms with Crippen molar-refractivity contribution in [2.75, 3.05) is 18.1 Å². The molecule has 2 nitrogen and oxygen atoms in total. The van der Waals surface area contributed by atoms with Crippen molar-refractivity contribution in [1.82, 2.24) is 0 Å². The molecule has 0 aliphatic carbocycles. The van der Waals surface area contributed by atoms with Crippen molar-refractivity contribution in [3.05, 3.63) is 28.8 Å². The Bertz CT molecular complexity index is 403.